The molecule has 1 aliphatic rings. The lowest BCUT2D eigenvalue weighted by atomic mass is 9.78. The van der Waals surface area contributed by atoms with Crippen molar-refractivity contribution in [3.05, 3.63) is 35.9 Å². The van der Waals surface area contributed by atoms with Crippen LogP contribution in [0.4, 0.5) is 0 Å². The first-order valence-electron chi connectivity index (χ1n) is 11.4. The summed E-state index contributed by atoms with van der Waals surface area (Å²) in [7, 11) is -4.42. The van der Waals surface area contributed by atoms with Gasteiger partial charge in [0.25, 0.3) is 7.82 Å². The number of hydrogen-bond donors (Lipinski definition) is 1. The second-order valence-corrected chi connectivity index (χ2v) is 9.51. The van der Waals surface area contributed by atoms with Crippen molar-refractivity contribution in [1.82, 2.24) is 0 Å². The Balaban J connectivity index is 0.000000553. The fourth-order valence-electron chi connectivity index (χ4n) is 3.71. The van der Waals surface area contributed by atoms with E-state index in [0.29, 0.717) is 11.8 Å². The molecule has 0 aromatic heterocycles. The van der Waals surface area contributed by atoms with Crippen LogP contribution in [0.25, 0.3) is 0 Å². The summed E-state index contributed by atoms with van der Waals surface area (Å²) >= 11 is 0. The molecule has 30 heavy (non-hydrogen) atoms. The van der Waals surface area contributed by atoms with Crippen molar-refractivity contribution < 1.29 is 28.1 Å². The summed E-state index contributed by atoms with van der Waals surface area (Å²) in [5.74, 6) is 0.661. The van der Waals surface area contributed by atoms with Gasteiger partial charge in [-0.2, -0.15) is 0 Å². The number of benzene rings is 1. The first-order chi connectivity index (χ1) is 14.2. The third kappa shape index (κ3) is 8.78. The molecule has 6 atom stereocenters. The number of quaternary nitrogens is 1. The summed E-state index contributed by atoms with van der Waals surface area (Å²) in [6.07, 6.45) is 0.0390. The quantitative estimate of drug-likeness (QED) is 0.590. The number of nitrogens with one attached hydrogen (secondary N) is 1. The van der Waals surface area contributed by atoms with Crippen LogP contribution in [0.1, 0.15) is 60.5 Å². The van der Waals surface area contributed by atoms with E-state index in [9.17, 15) is 9.46 Å². The van der Waals surface area contributed by atoms with Crippen LogP contribution in [-0.4, -0.2) is 32.0 Å². The molecule has 1 aromatic carbocycles. The summed E-state index contributed by atoms with van der Waals surface area (Å²) < 4.78 is 28.2. The molecular weight excluding hydrogens is 401 g/mol. The van der Waals surface area contributed by atoms with Crippen molar-refractivity contribution in [3.8, 4) is 0 Å². The van der Waals surface area contributed by atoms with Gasteiger partial charge in [-0.3, -0.25) is 9.09 Å². The Morgan fingerprint density at radius 2 is 1.53 bits per heavy atom. The molecule has 1 saturated heterocycles. The van der Waals surface area contributed by atoms with Crippen LogP contribution in [0, 0.1) is 17.8 Å². The molecule has 1 fully saturated rings. The zero-order valence-corrected chi connectivity index (χ0v) is 20.7. The molecule has 0 bridgehead atoms. The third-order valence-corrected chi connectivity index (χ3v) is 7.26. The van der Waals surface area contributed by atoms with E-state index in [1.165, 1.54) is 19.6 Å². The van der Waals surface area contributed by atoms with E-state index in [1.807, 2.05) is 32.0 Å². The van der Waals surface area contributed by atoms with Crippen LogP contribution in [0.5, 0.6) is 0 Å². The van der Waals surface area contributed by atoms with Gasteiger partial charge < -0.3 is 19.1 Å². The van der Waals surface area contributed by atoms with Crippen molar-refractivity contribution in [2.75, 3.05) is 19.6 Å². The van der Waals surface area contributed by atoms with Crippen molar-refractivity contribution in [1.29, 1.82) is 0 Å². The summed E-state index contributed by atoms with van der Waals surface area (Å²) in [4.78, 5) is 13.8. The Morgan fingerprint density at radius 1 is 0.967 bits per heavy atom. The van der Waals surface area contributed by atoms with Crippen LogP contribution >= 0.6 is 7.82 Å². The van der Waals surface area contributed by atoms with Gasteiger partial charge >= 0.3 is 0 Å². The van der Waals surface area contributed by atoms with Gasteiger partial charge in [0.2, 0.25) is 0 Å². The second kappa shape index (κ2) is 13.6. The molecule has 0 spiro atoms. The third-order valence-electron chi connectivity index (χ3n) is 6.35. The van der Waals surface area contributed by atoms with E-state index < -0.39 is 14.1 Å². The molecule has 1 aliphatic heterocycles. The first kappa shape index (κ1) is 27.3. The maximum absolute atomic E-state index is 12.1. The van der Waals surface area contributed by atoms with Crippen molar-refractivity contribution in [2.24, 2.45) is 17.8 Å². The Morgan fingerprint density at radius 3 is 2.00 bits per heavy atom. The average Bonchev–Trinajstić information content (AvgIpc) is 2.75. The van der Waals surface area contributed by atoms with Gasteiger partial charge in [-0.15, -0.1) is 0 Å². The predicted octanol–water partition coefficient (Wildman–Crippen LogP) is 3.66. The summed E-state index contributed by atoms with van der Waals surface area (Å²) in [6, 6.07) is 9.13. The maximum atomic E-state index is 12.1. The molecule has 2 rings (SSSR count). The molecule has 1 aromatic rings. The Bertz CT molecular complexity index is 618. The Hall–Kier alpha value is -0.750. The van der Waals surface area contributed by atoms with Gasteiger partial charge in [-0.05, 0) is 44.6 Å². The minimum Gasteiger partial charge on any atom is -0.756 e. The van der Waals surface area contributed by atoms with Gasteiger partial charge in [0.15, 0.2) is 6.29 Å². The molecule has 1 N–H and O–H groups in total. The highest BCUT2D eigenvalue weighted by Gasteiger charge is 2.40. The van der Waals surface area contributed by atoms with E-state index in [-0.39, 0.29) is 18.6 Å². The largest absolute Gasteiger partial charge is 0.756 e. The summed E-state index contributed by atoms with van der Waals surface area (Å²) in [5, 5.41) is 0. The number of phosphoric acid groups is 1. The van der Waals surface area contributed by atoms with Crippen molar-refractivity contribution >= 4 is 7.82 Å². The Kier molecular flexibility index (Phi) is 12.4. The minimum atomic E-state index is -4.42. The van der Waals surface area contributed by atoms with E-state index in [1.54, 1.807) is 17.0 Å². The molecular formula is C23H42NO5P. The van der Waals surface area contributed by atoms with E-state index in [0.717, 1.165) is 12.0 Å². The molecule has 0 radical (unpaired) electrons. The lowest BCUT2D eigenvalue weighted by Crippen LogP contribution is -3.11. The molecule has 7 heteroatoms. The molecule has 0 aliphatic carbocycles. The molecule has 174 valence electrons. The molecule has 3 unspecified atom stereocenters. The molecule has 1 heterocycles. The zero-order chi connectivity index (χ0) is 22.7. The summed E-state index contributed by atoms with van der Waals surface area (Å²) in [6.45, 7) is 18.7. The van der Waals surface area contributed by atoms with Crippen LogP contribution in [0.3, 0.4) is 0 Å². The highest BCUT2D eigenvalue weighted by molar-refractivity contribution is 7.45. The predicted molar refractivity (Wildman–Crippen MR) is 119 cm³/mol. The van der Waals surface area contributed by atoms with E-state index >= 15 is 0 Å². The van der Waals surface area contributed by atoms with Gasteiger partial charge in [0.1, 0.15) is 0 Å². The first-order valence-corrected chi connectivity index (χ1v) is 12.8. The topological polar surface area (TPSA) is 72.3 Å². The van der Waals surface area contributed by atoms with Crippen molar-refractivity contribution in [2.45, 2.75) is 73.9 Å². The number of rotatable bonds is 9. The van der Waals surface area contributed by atoms with Crippen LogP contribution in [-0.2, 0) is 25.0 Å². The van der Waals surface area contributed by atoms with Gasteiger partial charge in [0, 0.05) is 5.92 Å². The number of phosphoric ester groups is 1. The van der Waals surface area contributed by atoms with Gasteiger partial charge in [-0.1, -0.05) is 58.0 Å². The van der Waals surface area contributed by atoms with E-state index in [4.69, 9.17) is 13.8 Å². The summed E-state index contributed by atoms with van der Waals surface area (Å²) in [5.41, 5.74) is 0.776. The fourth-order valence-corrected chi connectivity index (χ4v) is 4.57. The van der Waals surface area contributed by atoms with Crippen LogP contribution in [0.15, 0.2) is 30.3 Å². The zero-order valence-electron chi connectivity index (χ0n) is 19.8. The molecule has 0 saturated carbocycles. The monoisotopic (exact) mass is 443 g/mol. The maximum Gasteiger partial charge on any atom is 0.270 e. The smallest absolute Gasteiger partial charge is 0.270 e. The Labute approximate surface area is 183 Å². The second-order valence-electron chi connectivity index (χ2n) is 8.15. The van der Waals surface area contributed by atoms with Crippen molar-refractivity contribution in [3.63, 3.8) is 0 Å². The highest BCUT2D eigenvalue weighted by Crippen LogP contribution is 2.46. The van der Waals surface area contributed by atoms with E-state index in [2.05, 4.69) is 34.6 Å². The minimum absolute atomic E-state index is 0.000299. The normalized spacial score (nSPS) is 28.5. The van der Waals surface area contributed by atoms with Crippen LogP contribution in [0.2, 0.25) is 0 Å². The molecule has 6 nitrogen and oxygen atoms in total. The van der Waals surface area contributed by atoms with Crippen LogP contribution < -0.4 is 9.79 Å². The van der Waals surface area contributed by atoms with Gasteiger partial charge in [0.05, 0.1) is 32.3 Å². The lowest BCUT2D eigenvalue weighted by molar-refractivity contribution is -0.894. The highest BCUT2D eigenvalue weighted by atomic mass is 31.2. The number of ether oxygens (including phenoxy) is 1. The SMILES string of the molecule is CCC1O[C@H](OP(=O)([O-])OCc2ccccc2)C(C)[C@@H](C)[C@@H]1C.CC[NH+](CC)CC. The molecule has 0 amide bonds. The lowest BCUT2D eigenvalue weighted by Gasteiger charge is -2.44. The van der Waals surface area contributed by atoms with Gasteiger partial charge in [-0.25, -0.2) is 0 Å². The standard InChI is InChI=1S/C17H27O5P.C6H15N/c1-5-16-13(3)12(2)14(4)17(21-16)22-23(18,19)20-11-15-9-7-6-8-10-15;1-4-7(5-2)6-3/h6-10,12-14,16-17H,5,11H2,1-4H3,(H,18,19);4-6H2,1-3H3/t12-,13-,14?,16?,17+;/m0./s1. The average molecular weight is 444 g/mol. The number of hydrogen-bond acceptors (Lipinski definition) is 5. The fraction of sp³-hybridized carbons (Fsp3) is 0.739.